The van der Waals surface area contributed by atoms with Crippen LogP contribution < -0.4 is 0 Å². The first kappa shape index (κ1) is 17.5. The zero-order valence-corrected chi connectivity index (χ0v) is 17.0. The summed E-state index contributed by atoms with van der Waals surface area (Å²) in [6, 6.07) is 16.2. The van der Waals surface area contributed by atoms with E-state index in [9.17, 15) is 8.42 Å². The molecule has 2 unspecified atom stereocenters. The first-order valence-corrected chi connectivity index (χ1v) is 11.0. The third kappa shape index (κ3) is 4.58. The molecule has 21 heavy (non-hydrogen) atoms. The quantitative estimate of drug-likeness (QED) is 0.392. The Morgan fingerprint density at radius 3 is 2.05 bits per heavy atom. The van der Waals surface area contributed by atoms with Gasteiger partial charge >= 0.3 is 0 Å². The van der Waals surface area contributed by atoms with E-state index in [1.54, 1.807) is 30.3 Å². The van der Waals surface area contributed by atoms with Crippen LogP contribution in [0.15, 0.2) is 68.9 Å². The van der Waals surface area contributed by atoms with E-state index in [0.29, 0.717) is 4.90 Å². The van der Waals surface area contributed by atoms with Crippen molar-refractivity contribution in [2.75, 3.05) is 0 Å². The Morgan fingerprint density at radius 1 is 0.905 bits per heavy atom. The van der Waals surface area contributed by atoms with Gasteiger partial charge in [-0.1, -0.05) is 66.0 Å². The largest absolute Gasteiger partial charge is 0.222 e. The zero-order chi connectivity index (χ0) is 15.5. The summed E-state index contributed by atoms with van der Waals surface area (Å²) in [4.78, 5) is 1.31. The van der Waals surface area contributed by atoms with Crippen molar-refractivity contribution in [2.45, 2.75) is 18.1 Å². The molecule has 0 amide bonds. The number of sulfone groups is 1. The van der Waals surface area contributed by atoms with Crippen LogP contribution in [-0.2, 0) is 9.84 Å². The summed E-state index contributed by atoms with van der Waals surface area (Å²) in [6.45, 7) is 0. The molecule has 0 spiro atoms. The summed E-state index contributed by atoms with van der Waals surface area (Å²) in [5.74, 6) is 0. The van der Waals surface area contributed by atoms with Gasteiger partial charge in [0.25, 0.3) is 0 Å². The Bertz CT molecular complexity index is 688. The number of hydrogen-bond donors (Lipinski definition) is 0. The molecule has 0 fully saturated rings. The Balaban J connectivity index is 2.15. The minimum atomic E-state index is -3.43. The average Bonchev–Trinajstić information content (AvgIpc) is 2.49. The lowest BCUT2D eigenvalue weighted by atomic mass is 10.4. The fourth-order valence-corrected chi connectivity index (χ4v) is 6.66. The number of hydrogen-bond acceptors (Lipinski definition) is 3. The van der Waals surface area contributed by atoms with E-state index in [-0.39, 0.29) is 4.16 Å². The molecule has 0 heterocycles. The van der Waals surface area contributed by atoms with E-state index in [0.717, 1.165) is 9.37 Å². The molecule has 2 nitrogen and oxygen atoms in total. The molecule has 2 aromatic rings. The topological polar surface area (TPSA) is 34.1 Å². The van der Waals surface area contributed by atoms with Crippen molar-refractivity contribution in [3.05, 3.63) is 59.1 Å². The molecular weight excluding hydrogens is 504 g/mol. The van der Waals surface area contributed by atoms with E-state index in [1.807, 2.05) is 24.3 Å². The normalized spacial score (nSPS) is 14.6. The molecule has 0 aromatic heterocycles. The third-order valence-electron chi connectivity index (χ3n) is 2.64. The average molecular weight is 515 g/mol. The molecule has 2 atom stereocenters. The summed E-state index contributed by atoms with van der Waals surface area (Å²) in [6.07, 6.45) is 0. The van der Waals surface area contributed by atoms with Gasteiger partial charge in [0.1, 0.15) is 4.16 Å². The van der Waals surface area contributed by atoms with Crippen molar-refractivity contribution in [3.63, 3.8) is 0 Å². The van der Waals surface area contributed by atoms with Crippen molar-refractivity contribution in [2.24, 2.45) is 0 Å². The second-order valence-electron chi connectivity index (χ2n) is 4.13. The lowest BCUT2D eigenvalue weighted by molar-refractivity contribution is 0.595. The van der Waals surface area contributed by atoms with Crippen molar-refractivity contribution in [3.8, 4) is 0 Å². The van der Waals surface area contributed by atoms with E-state index in [1.165, 1.54) is 11.8 Å². The van der Waals surface area contributed by atoms with Gasteiger partial charge in [0.2, 0.25) is 0 Å². The van der Waals surface area contributed by atoms with Gasteiger partial charge in [-0.15, -0.1) is 11.8 Å². The highest BCUT2D eigenvalue weighted by Gasteiger charge is 2.31. The Morgan fingerprint density at radius 2 is 1.48 bits per heavy atom. The standard InChI is InChI=1S/C14H11Br3O2S2/c15-10-6-8-11(9-7-10)20-13(16)14(17)21(18,19)12-4-2-1-3-5-12/h1-9,13-14H. The van der Waals surface area contributed by atoms with E-state index < -0.39 is 14.0 Å². The van der Waals surface area contributed by atoms with E-state index in [4.69, 9.17) is 0 Å². The highest BCUT2D eigenvalue weighted by Crippen LogP contribution is 2.37. The highest BCUT2D eigenvalue weighted by atomic mass is 79.9. The van der Waals surface area contributed by atoms with Gasteiger partial charge in [-0.05, 0) is 36.4 Å². The van der Waals surface area contributed by atoms with Gasteiger partial charge < -0.3 is 0 Å². The molecule has 2 aromatic carbocycles. The number of alkyl halides is 2. The smallest absolute Gasteiger partial charge is 0.193 e. The maximum atomic E-state index is 12.5. The van der Waals surface area contributed by atoms with Gasteiger partial charge in [0.15, 0.2) is 9.84 Å². The van der Waals surface area contributed by atoms with E-state index >= 15 is 0 Å². The minimum Gasteiger partial charge on any atom is -0.222 e. The number of halogens is 3. The molecule has 2 rings (SSSR count). The predicted octanol–water partition coefficient (Wildman–Crippen LogP) is 5.46. The van der Waals surface area contributed by atoms with Crippen LogP contribution in [0.4, 0.5) is 0 Å². The van der Waals surface area contributed by atoms with Crippen LogP contribution in [0.3, 0.4) is 0 Å². The Hall–Kier alpha value is 0.180. The highest BCUT2D eigenvalue weighted by molar-refractivity contribution is 9.14. The van der Waals surface area contributed by atoms with Gasteiger partial charge in [0, 0.05) is 9.37 Å². The Labute approximate surface area is 154 Å². The molecule has 7 heteroatoms. The van der Waals surface area contributed by atoms with Crippen molar-refractivity contribution >= 4 is 69.4 Å². The summed E-state index contributed by atoms with van der Waals surface area (Å²) >= 11 is 11.6. The summed E-state index contributed by atoms with van der Waals surface area (Å²) in [7, 11) is -3.43. The molecule has 0 bridgehead atoms. The zero-order valence-electron chi connectivity index (χ0n) is 10.6. The molecule has 0 saturated carbocycles. The van der Waals surface area contributed by atoms with Crippen molar-refractivity contribution < 1.29 is 8.42 Å². The van der Waals surface area contributed by atoms with Crippen molar-refractivity contribution in [1.29, 1.82) is 0 Å². The lowest BCUT2D eigenvalue weighted by Gasteiger charge is -2.17. The van der Waals surface area contributed by atoms with Crippen LogP contribution >= 0.6 is 59.6 Å². The summed E-state index contributed by atoms with van der Waals surface area (Å²) in [5.41, 5.74) is 0. The fraction of sp³-hybridized carbons (Fsp3) is 0.143. The molecule has 112 valence electrons. The second kappa shape index (κ2) is 7.64. The van der Waals surface area contributed by atoms with Gasteiger partial charge in [0.05, 0.1) is 9.05 Å². The van der Waals surface area contributed by atoms with Crippen molar-refractivity contribution in [1.82, 2.24) is 0 Å². The van der Waals surface area contributed by atoms with Crippen LogP contribution in [0.25, 0.3) is 0 Å². The van der Waals surface area contributed by atoms with Crippen LogP contribution in [0, 0.1) is 0 Å². The van der Waals surface area contributed by atoms with Crippen LogP contribution in [0.2, 0.25) is 0 Å². The monoisotopic (exact) mass is 512 g/mol. The van der Waals surface area contributed by atoms with Crippen LogP contribution in [0.5, 0.6) is 0 Å². The SMILES string of the molecule is O=S(=O)(c1ccccc1)C(Br)C(Br)Sc1ccc(Br)cc1. The number of benzene rings is 2. The maximum Gasteiger partial charge on any atom is 0.193 e. The predicted molar refractivity (Wildman–Crippen MR) is 99.1 cm³/mol. The Kier molecular flexibility index (Phi) is 6.38. The minimum absolute atomic E-state index is 0.302. The molecule has 0 radical (unpaired) electrons. The van der Waals surface area contributed by atoms with Gasteiger partial charge in [-0.2, -0.15) is 0 Å². The first-order chi connectivity index (χ1) is 9.91. The first-order valence-electron chi connectivity index (χ1n) is 5.90. The molecular formula is C14H11Br3O2S2. The number of thioether (sulfide) groups is 1. The molecule has 0 saturated heterocycles. The van der Waals surface area contributed by atoms with E-state index in [2.05, 4.69) is 47.8 Å². The third-order valence-corrected chi connectivity index (χ3v) is 10.7. The fourth-order valence-electron chi connectivity index (χ4n) is 1.58. The summed E-state index contributed by atoms with van der Waals surface area (Å²) in [5, 5.41) is 0. The number of rotatable bonds is 5. The molecule has 0 aliphatic carbocycles. The van der Waals surface area contributed by atoms with Gasteiger partial charge in [-0.25, -0.2) is 8.42 Å². The van der Waals surface area contributed by atoms with Crippen LogP contribution in [0.1, 0.15) is 0 Å². The molecule has 0 aliphatic heterocycles. The molecule has 0 aliphatic rings. The second-order valence-corrected chi connectivity index (χ2v) is 11.5. The molecule has 0 N–H and O–H groups in total. The van der Waals surface area contributed by atoms with Gasteiger partial charge in [-0.3, -0.25) is 0 Å². The lowest BCUT2D eigenvalue weighted by Crippen LogP contribution is -2.22. The van der Waals surface area contributed by atoms with Crippen LogP contribution in [-0.4, -0.2) is 16.7 Å². The maximum absolute atomic E-state index is 12.5. The summed E-state index contributed by atoms with van der Waals surface area (Å²) < 4.78 is 25.0.